The van der Waals surface area contributed by atoms with E-state index < -0.39 is 42.0 Å². The van der Waals surface area contributed by atoms with Crippen LogP contribution in [0.1, 0.15) is 33.5 Å². The van der Waals surface area contributed by atoms with Crippen LogP contribution in [0.4, 0.5) is 0 Å². The molecule has 11 heteroatoms. The van der Waals surface area contributed by atoms with Gasteiger partial charge in [0.2, 0.25) is 5.91 Å². The van der Waals surface area contributed by atoms with Crippen LogP contribution in [0.5, 0.6) is 5.75 Å². The first-order chi connectivity index (χ1) is 19.5. The molecular formula is C30H31Cl2N3O6. The van der Waals surface area contributed by atoms with E-state index >= 15 is 0 Å². The molecule has 0 aliphatic carbocycles. The van der Waals surface area contributed by atoms with Gasteiger partial charge in [-0.25, -0.2) is 0 Å². The number of halogens is 2. The molecule has 1 heterocycles. The highest BCUT2D eigenvalue weighted by atomic mass is 35.5. The molecule has 0 spiro atoms. The predicted octanol–water partition coefficient (Wildman–Crippen LogP) is 2.99. The van der Waals surface area contributed by atoms with Gasteiger partial charge in [-0.1, -0.05) is 65.7 Å². The molecule has 5 N–H and O–H groups in total. The molecule has 3 amide bonds. The van der Waals surface area contributed by atoms with Crippen molar-refractivity contribution in [3.63, 3.8) is 0 Å². The van der Waals surface area contributed by atoms with E-state index in [-0.39, 0.29) is 37.2 Å². The zero-order chi connectivity index (χ0) is 29.7. The van der Waals surface area contributed by atoms with Crippen molar-refractivity contribution in [1.82, 2.24) is 15.5 Å². The lowest BCUT2D eigenvalue weighted by molar-refractivity contribution is -0.146. The summed E-state index contributed by atoms with van der Waals surface area (Å²) in [6.45, 7) is 1.50. The first kappa shape index (κ1) is 30.3. The van der Waals surface area contributed by atoms with Gasteiger partial charge in [0.25, 0.3) is 11.8 Å². The molecule has 1 aliphatic rings. The molecular weight excluding hydrogens is 569 g/mol. The average molecular weight is 600 g/mol. The molecule has 1 fully saturated rings. The number of carbonyl (C=O) groups is 3. The van der Waals surface area contributed by atoms with Crippen molar-refractivity contribution in [2.75, 3.05) is 6.54 Å². The van der Waals surface area contributed by atoms with Crippen LogP contribution in [-0.4, -0.2) is 68.8 Å². The Balaban J connectivity index is 1.52. The number of phenols is 1. The fourth-order valence-corrected chi connectivity index (χ4v) is 5.31. The number of nitrogens with zero attached hydrogens (tertiary/aromatic N) is 1. The van der Waals surface area contributed by atoms with E-state index in [9.17, 15) is 29.7 Å². The Bertz CT molecular complexity index is 1420. The predicted molar refractivity (Wildman–Crippen MR) is 155 cm³/mol. The quantitative estimate of drug-likeness (QED) is 0.256. The van der Waals surface area contributed by atoms with Gasteiger partial charge in [0, 0.05) is 40.7 Å². The minimum absolute atomic E-state index is 0.0170. The summed E-state index contributed by atoms with van der Waals surface area (Å²) in [5, 5.41) is 38.0. The van der Waals surface area contributed by atoms with Gasteiger partial charge in [0.05, 0.1) is 12.1 Å². The number of hydrogen-bond acceptors (Lipinski definition) is 6. The second-order valence-electron chi connectivity index (χ2n) is 10.0. The molecule has 1 aliphatic heterocycles. The van der Waals surface area contributed by atoms with E-state index in [0.29, 0.717) is 21.2 Å². The van der Waals surface area contributed by atoms with Crippen molar-refractivity contribution in [3.8, 4) is 5.75 Å². The lowest BCUT2D eigenvalue weighted by Gasteiger charge is -2.30. The number of aromatic hydroxyl groups is 1. The second kappa shape index (κ2) is 13.4. The zero-order valence-electron chi connectivity index (χ0n) is 22.3. The Morgan fingerprint density at radius 1 is 1.05 bits per heavy atom. The van der Waals surface area contributed by atoms with Crippen molar-refractivity contribution >= 4 is 40.9 Å². The fraction of sp³-hybridized carbons (Fsp3) is 0.300. The van der Waals surface area contributed by atoms with Crippen LogP contribution >= 0.6 is 23.2 Å². The third-order valence-corrected chi connectivity index (χ3v) is 7.72. The van der Waals surface area contributed by atoms with Gasteiger partial charge in [-0.15, -0.1) is 0 Å². The smallest absolute Gasteiger partial charge is 0.254 e. The highest BCUT2D eigenvalue weighted by molar-refractivity contribution is 6.35. The number of aliphatic hydroxyl groups is 2. The largest absolute Gasteiger partial charge is 0.508 e. The van der Waals surface area contributed by atoms with Gasteiger partial charge in [0.1, 0.15) is 11.8 Å². The van der Waals surface area contributed by atoms with Gasteiger partial charge in [-0.2, -0.15) is 0 Å². The summed E-state index contributed by atoms with van der Waals surface area (Å²) in [6.07, 6.45) is -2.61. The summed E-state index contributed by atoms with van der Waals surface area (Å²) in [5.74, 6) is -1.97. The van der Waals surface area contributed by atoms with E-state index in [1.54, 1.807) is 49.4 Å². The summed E-state index contributed by atoms with van der Waals surface area (Å²) in [7, 11) is 0. The number of carbonyl (C=O) groups excluding carboxylic acids is 3. The van der Waals surface area contributed by atoms with E-state index in [4.69, 9.17) is 23.2 Å². The Morgan fingerprint density at radius 3 is 2.49 bits per heavy atom. The SMILES string of the molecule is Cc1c(O)cccc1C(=O)NC(Cc1ccccc1)C(O)C(=O)N1CC(O)CC1C(=O)NCc1ccc(Cl)cc1Cl. The monoisotopic (exact) mass is 599 g/mol. The van der Waals surface area contributed by atoms with E-state index in [2.05, 4.69) is 10.6 Å². The van der Waals surface area contributed by atoms with Crippen LogP contribution < -0.4 is 10.6 Å². The van der Waals surface area contributed by atoms with Crippen LogP contribution in [0.15, 0.2) is 66.7 Å². The fourth-order valence-electron chi connectivity index (χ4n) is 4.84. The standard InChI is InChI=1S/C30H31Cl2N3O6/c1-17-22(8-5-9-26(17)37)28(39)34-24(12-18-6-3-2-4-7-18)27(38)30(41)35-16-21(36)14-25(35)29(40)33-15-19-10-11-20(31)13-23(19)32/h2-11,13,21,24-25,27,36-38H,12,14-16H2,1H3,(H,33,40)(H,34,39). The highest BCUT2D eigenvalue weighted by Crippen LogP contribution is 2.24. The third-order valence-electron chi connectivity index (χ3n) is 7.13. The number of hydrogen-bond donors (Lipinski definition) is 5. The summed E-state index contributed by atoms with van der Waals surface area (Å²) >= 11 is 12.1. The molecule has 4 atom stereocenters. The van der Waals surface area contributed by atoms with Crippen molar-refractivity contribution in [2.24, 2.45) is 0 Å². The molecule has 0 bridgehead atoms. The third kappa shape index (κ3) is 7.37. The maximum absolute atomic E-state index is 13.6. The van der Waals surface area contributed by atoms with Crippen LogP contribution in [0.2, 0.25) is 10.0 Å². The van der Waals surface area contributed by atoms with Crippen LogP contribution in [-0.2, 0) is 22.6 Å². The first-order valence-corrected chi connectivity index (χ1v) is 13.8. The molecule has 4 rings (SSSR count). The van der Waals surface area contributed by atoms with Crippen molar-refractivity contribution in [3.05, 3.63) is 99.0 Å². The van der Waals surface area contributed by atoms with E-state index in [1.165, 1.54) is 18.2 Å². The Morgan fingerprint density at radius 2 is 1.78 bits per heavy atom. The van der Waals surface area contributed by atoms with Crippen molar-refractivity contribution in [1.29, 1.82) is 0 Å². The molecule has 1 saturated heterocycles. The highest BCUT2D eigenvalue weighted by Gasteiger charge is 2.42. The Hall–Kier alpha value is -3.63. The zero-order valence-corrected chi connectivity index (χ0v) is 23.8. The molecule has 4 unspecified atom stereocenters. The topological polar surface area (TPSA) is 139 Å². The molecule has 3 aromatic rings. The maximum atomic E-state index is 13.6. The van der Waals surface area contributed by atoms with Gasteiger partial charge in [-0.3, -0.25) is 14.4 Å². The van der Waals surface area contributed by atoms with E-state index in [1.807, 2.05) is 6.07 Å². The Kier molecular flexibility index (Phi) is 9.88. The van der Waals surface area contributed by atoms with Crippen LogP contribution in [0, 0.1) is 6.92 Å². The number of aliphatic hydroxyl groups excluding tert-OH is 2. The lowest BCUT2D eigenvalue weighted by Crippen LogP contribution is -2.55. The number of phenolic OH excluding ortho intramolecular Hbond substituents is 1. The van der Waals surface area contributed by atoms with Crippen LogP contribution in [0.25, 0.3) is 0 Å². The molecule has 41 heavy (non-hydrogen) atoms. The number of likely N-dealkylation sites (tertiary alicyclic amines) is 1. The molecule has 0 saturated carbocycles. The molecule has 216 valence electrons. The summed E-state index contributed by atoms with van der Waals surface area (Å²) in [6, 6.07) is 16.3. The normalized spacial score (nSPS) is 18.0. The Labute approximate surface area is 247 Å². The molecule has 0 aromatic heterocycles. The second-order valence-corrected chi connectivity index (χ2v) is 10.9. The molecule has 0 radical (unpaired) electrons. The average Bonchev–Trinajstić information content (AvgIpc) is 3.35. The van der Waals surface area contributed by atoms with Crippen LogP contribution in [0.3, 0.4) is 0 Å². The minimum Gasteiger partial charge on any atom is -0.508 e. The van der Waals surface area contributed by atoms with Crippen molar-refractivity contribution in [2.45, 2.75) is 50.6 Å². The summed E-state index contributed by atoms with van der Waals surface area (Å²) in [4.78, 5) is 41.0. The van der Waals surface area contributed by atoms with Gasteiger partial charge >= 0.3 is 0 Å². The number of β-amino-alcohol motifs (C(OH)–C–C–N with tert-alkyl or cyclic N) is 1. The molecule has 9 nitrogen and oxygen atoms in total. The van der Waals surface area contributed by atoms with Gasteiger partial charge in [0.15, 0.2) is 6.10 Å². The number of rotatable bonds is 9. The summed E-state index contributed by atoms with van der Waals surface area (Å²) in [5.41, 5.74) is 1.92. The van der Waals surface area contributed by atoms with Gasteiger partial charge in [-0.05, 0) is 48.7 Å². The number of amides is 3. The molecule has 3 aromatic carbocycles. The van der Waals surface area contributed by atoms with Crippen molar-refractivity contribution < 1.29 is 29.7 Å². The maximum Gasteiger partial charge on any atom is 0.254 e. The summed E-state index contributed by atoms with van der Waals surface area (Å²) < 4.78 is 0. The number of benzene rings is 3. The number of nitrogens with one attached hydrogen (secondary N) is 2. The first-order valence-electron chi connectivity index (χ1n) is 13.1. The minimum atomic E-state index is -1.73. The van der Waals surface area contributed by atoms with Gasteiger partial charge < -0.3 is 30.9 Å². The van der Waals surface area contributed by atoms with E-state index in [0.717, 1.165) is 10.5 Å². The lowest BCUT2D eigenvalue weighted by atomic mass is 9.98.